The summed E-state index contributed by atoms with van der Waals surface area (Å²) in [5.41, 5.74) is -0.169. The molecular weight excluding hydrogens is 310 g/mol. The van der Waals surface area contributed by atoms with E-state index in [2.05, 4.69) is 12.2 Å². The number of aliphatic carboxylic acids is 1. The molecule has 0 aliphatic heterocycles. The number of hydrogen-bond donors (Lipinski definition) is 2. The van der Waals surface area contributed by atoms with Gasteiger partial charge in [-0.25, -0.2) is 0 Å². The van der Waals surface area contributed by atoms with Gasteiger partial charge in [-0.05, 0) is 44.9 Å². The van der Waals surface area contributed by atoms with Crippen LogP contribution in [0.25, 0.3) is 0 Å². The Balaban J connectivity index is 2.78. The summed E-state index contributed by atoms with van der Waals surface area (Å²) in [5.74, 6) is -0.0499. The summed E-state index contributed by atoms with van der Waals surface area (Å²) in [4.78, 5) is 23.1. The number of benzene rings is 1. The lowest BCUT2D eigenvalue weighted by molar-refractivity contribution is -0.137. The monoisotopic (exact) mass is 337 g/mol. The molecule has 134 valence electrons. The van der Waals surface area contributed by atoms with E-state index < -0.39 is 11.5 Å². The van der Waals surface area contributed by atoms with E-state index in [1.807, 2.05) is 0 Å². The van der Waals surface area contributed by atoms with Gasteiger partial charge in [-0.15, -0.1) is 0 Å². The third kappa shape index (κ3) is 6.48. The summed E-state index contributed by atoms with van der Waals surface area (Å²) >= 11 is 0. The van der Waals surface area contributed by atoms with Crippen LogP contribution in [0.15, 0.2) is 18.2 Å². The normalized spacial score (nSPS) is 11.0. The fourth-order valence-corrected chi connectivity index (χ4v) is 2.12. The van der Waals surface area contributed by atoms with E-state index in [4.69, 9.17) is 14.6 Å². The van der Waals surface area contributed by atoms with Gasteiger partial charge in [0.25, 0.3) is 5.91 Å². The summed E-state index contributed by atoms with van der Waals surface area (Å²) in [7, 11) is 1.53. The van der Waals surface area contributed by atoms with Gasteiger partial charge in [-0.1, -0.05) is 13.3 Å². The number of ether oxygens (including phenoxy) is 2. The molecule has 1 aromatic rings. The molecule has 0 radical (unpaired) electrons. The van der Waals surface area contributed by atoms with Crippen LogP contribution in [0.5, 0.6) is 11.5 Å². The molecule has 0 saturated heterocycles. The zero-order chi connectivity index (χ0) is 18.2. The molecule has 1 rings (SSSR count). The van der Waals surface area contributed by atoms with Crippen LogP contribution < -0.4 is 14.8 Å². The van der Waals surface area contributed by atoms with Crippen molar-refractivity contribution in [3.8, 4) is 11.5 Å². The van der Waals surface area contributed by atoms with Gasteiger partial charge in [0.15, 0.2) is 11.5 Å². The van der Waals surface area contributed by atoms with Gasteiger partial charge in [-0.3, -0.25) is 9.59 Å². The fourth-order valence-electron chi connectivity index (χ4n) is 2.12. The number of carboxylic acid groups (broad SMARTS) is 1. The molecule has 6 nitrogen and oxygen atoms in total. The Kier molecular flexibility index (Phi) is 7.55. The molecule has 0 heterocycles. The highest BCUT2D eigenvalue weighted by Gasteiger charge is 2.23. The van der Waals surface area contributed by atoms with Crippen LogP contribution in [0.3, 0.4) is 0 Å². The highest BCUT2D eigenvalue weighted by Crippen LogP contribution is 2.28. The van der Waals surface area contributed by atoms with Crippen LogP contribution in [0, 0.1) is 0 Å². The molecule has 2 N–H and O–H groups in total. The molecule has 0 aliphatic rings. The number of amides is 1. The number of hydrogen-bond acceptors (Lipinski definition) is 4. The van der Waals surface area contributed by atoms with Gasteiger partial charge < -0.3 is 19.9 Å². The minimum atomic E-state index is -0.882. The quantitative estimate of drug-likeness (QED) is 0.640. The van der Waals surface area contributed by atoms with Crippen LogP contribution in [0.1, 0.15) is 56.8 Å². The maximum absolute atomic E-state index is 12.4. The van der Waals surface area contributed by atoms with E-state index in [9.17, 15) is 9.59 Å². The maximum Gasteiger partial charge on any atom is 0.303 e. The van der Waals surface area contributed by atoms with Gasteiger partial charge >= 0.3 is 5.97 Å². The Hall–Kier alpha value is -2.24. The molecule has 0 aliphatic carbocycles. The molecule has 0 bridgehead atoms. The summed E-state index contributed by atoms with van der Waals surface area (Å²) in [6, 6.07) is 5.02. The molecule has 0 atom stereocenters. The second-order valence-corrected chi connectivity index (χ2v) is 6.30. The molecule has 0 aromatic heterocycles. The largest absolute Gasteiger partial charge is 0.493 e. The van der Waals surface area contributed by atoms with E-state index in [1.54, 1.807) is 32.0 Å². The Morgan fingerprint density at radius 3 is 2.54 bits per heavy atom. The Bertz CT molecular complexity index is 569. The van der Waals surface area contributed by atoms with Crippen LogP contribution in [-0.4, -0.2) is 36.2 Å². The third-order valence-corrected chi connectivity index (χ3v) is 3.60. The topological polar surface area (TPSA) is 84.9 Å². The first kappa shape index (κ1) is 19.8. The predicted octanol–water partition coefficient (Wildman–Crippen LogP) is 3.25. The first-order valence-electron chi connectivity index (χ1n) is 8.14. The van der Waals surface area contributed by atoms with Gasteiger partial charge in [-0.2, -0.15) is 0 Å². The zero-order valence-corrected chi connectivity index (χ0v) is 14.8. The van der Waals surface area contributed by atoms with Crippen LogP contribution >= 0.6 is 0 Å². The standard InChI is InChI=1S/C18H27NO5/c1-5-6-11-24-14-8-7-13(12-15(14)23-4)17(22)19-18(2,3)10-9-16(20)21/h7-8,12H,5-6,9-11H2,1-4H3,(H,19,22)(H,20,21). The SMILES string of the molecule is CCCCOc1ccc(C(=O)NC(C)(C)CCC(=O)O)cc1OC. The van der Waals surface area contributed by atoms with Crippen molar-refractivity contribution in [2.45, 2.75) is 52.0 Å². The average Bonchev–Trinajstić information content (AvgIpc) is 2.53. The average molecular weight is 337 g/mol. The van der Waals surface area contributed by atoms with Crippen molar-refractivity contribution in [2.75, 3.05) is 13.7 Å². The van der Waals surface area contributed by atoms with Crippen molar-refractivity contribution < 1.29 is 24.2 Å². The predicted molar refractivity (Wildman–Crippen MR) is 91.8 cm³/mol. The summed E-state index contributed by atoms with van der Waals surface area (Å²) in [6.07, 6.45) is 2.33. The first-order chi connectivity index (χ1) is 11.3. The molecule has 24 heavy (non-hydrogen) atoms. The van der Waals surface area contributed by atoms with Crippen molar-refractivity contribution in [3.05, 3.63) is 23.8 Å². The number of unbranched alkanes of at least 4 members (excludes halogenated alkanes) is 1. The van der Waals surface area contributed by atoms with E-state index in [0.29, 0.717) is 30.1 Å². The van der Waals surface area contributed by atoms with Crippen molar-refractivity contribution in [2.24, 2.45) is 0 Å². The Morgan fingerprint density at radius 1 is 1.25 bits per heavy atom. The minimum absolute atomic E-state index is 0.000801. The Labute approximate surface area is 143 Å². The number of nitrogens with one attached hydrogen (secondary N) is 1. The van der Waals surface area contributed by atoms with Crippen LogP contribution in [0.4, 0.5) is 0 Å². The number of methoxy groups -OCH3 is 1. The van der Waals surface area contributed by atoms with Gasteiger partial charge in [0.05, 0.1) is 13.7 Å². The summed E-state index contributed by atoms with van der Waals surface area (Å²) in [6.45, 7) is 6.28. The smallest absolute Gasteiger partial charge is 0.303 e. The molecule has 1 amide bonds. The lowest BCUT2D eigenvalue weighted by Crippen LogP contribution is -2.43. The number of rotatable bonds is 10. The molecule has 0 fully saturated rings. The first-order valence-corrected chi connectivity index (χ1v) is 8.14. The fraction of sp³-hybridized carbons (Fsp3) is 0.556. The third-order valence-electron chi connectivity index (χ3n) is 3.60. The van der Waals surface area contributed by atoms with Crippen molar-refractivity contribution in [3.63, 3.8) is 0 Å². The molecule has 1 aromatic carbocycles. The second-order valence-electron chi connectivity index (χ2n) is 6.30. The lowest BCUT2D eigenvalue weighted by Gasteiger charge is -2.25. The highest BCUT2D eigenvalue weighted by molar-refractivity contribution is 5.95. The lowest BCUT2D eigenvalue weighted by atomic mass is 9.97. The van der Waals surface area contributed by atoms with E-state index in [-0.39, 0.29) is 12.3 Å². The number of carbonyl (C=O) groups is 2. The zero-order valence-electron chi connectivity index (χ0n) is 14.8. The van der Waals surface area contributed by atoms with Gasteiger partial charge in [0, 0.05) is 17.5 Å². The molecule has 6 heteroatoms. The minimum Gasteiger partial charge on any atom is -0.493 e. The molecule has 0 spiro atoms. The van der Waals surface area contributed by atoms with Crippen molar-refractivity contribution in [1.82, 2.24) is 5.32 Å². The Morgan fingerprint density at radius 2 is 1.96 bits per heavy atom. The van der Waals surface area contributed by atoms with Crippen LogP contribution in [-0.2, 0) is 4.79 Å². The number of carboxylic acids is 1. The maximum atomic E-state index is 12.4. The van der Waals surface area contributed by atoms with Gasteiger partial charge in [0.1, 0.15) is 0 Å². The summed E-state index contributed by atoms with van der Waals surface area (Å²) in [5, 5.41) is 11.6. The van der Waals surface area contributed by atoms with Gasteiger partial charge in [0.2, 0.25) is 0 Å². The van der Waals surface area contributed by atoms with E-state index in [0.717, 1.165) is 12.8 Å². The molecular formula is C18H27NO5. The second kappa shape index (κ2) is 9.15. The van der Waals surface area contributed by atoms with Crippen LogP contribution in [0.2, 0.25) is 0 Å². The highest BCUT2D eigenvalue weighted by atomic mass is 16.5. The van der Waals surface area contributed by atoms with E-state index >= 15 is 0 Å². The summed E-state index contributed by atoms with van der Waals surface area (Å²) < 4.78 is 10.9. The molecule has 0 unspecified atom stereocenters. The number of carbonyl (C=O) groups excluding carboxylic acids is 1. The molecule has 0 saturated carbocycles. The van der Waals surface area contributed by atoms with Crippen molar-refractivity contribution >= 4 is 11.9 Å². The van der Waals surface area contributed by atoms with Crippen molar-refractivity contribution in [1.29, 1.82) is 0 Å². The van der Waals surface area contributed by atoms with E-state index in [1.165, 1.54) is 7.11 Å².